The molecule has 3 aromatic rings. The second-order valence-electron chi connectivity index (χ2n) is 6.69. The van der Waals surface area contributed by atoms with Gasteiger partial charge in [0.15, 0.2) is 5.82 Å². The monoisotopic (exact) mass is 414 g/mol. The third-order valence-corrected chi connectivity index (χ3v) is 4.56. The van der Waals surface area contributed by atoms with Crippen LogP contribution in [0.1, 0.15) is 22.3 Å². The summed E-state index contributed by atoms with van der Waals surface area (Å²) in [6.07, 6.45) is -0.471. The molecule has 0 aliphatic carbocycles. The highest BCUT2D eigenvalue weighted by Gasteiger charge is 2.29. The molecule has 8 heteroatoms. The Morgan fingerprint density at radius 1 is 1.20 bits per heavy atom. The van der Waals surface area contributed by atoms with Gasteiger partial charge in [0.1, 0.15) is 11.6 Å². The lowest BCUT2D eigenvalue weighted by Crippen LogP contribution is -2.18. The fourth-order valence-corrected chi connectivity index (χ4v) is 2.92. The molecule has 30 heavy (non-hydrogen) atoms. The number of aliphatic imine (C=N–C) groups is 1. The summed E-state index contributed by atoms with van der Waals surface area (Å²) in [6, 6.07) is 11.9. The van der Waals surface area contributed by atoms with Gasteiger partial charge >= 0.3 is 6.18 Å². The highest BCUT2D eigenvalue weighted by molar-refractivity contribution is 5.56. The average Bonchev–Trinajstić information content (AvgIpc) is 3.09. The standard InChI is InChI=1S/C22H21F3N4O/c1-15-13-28-29(21(15)26-2)20(12-9-17-5-3-4-6-19(17)30)27-14-16-7-10-18(11-8-16)22(23,24)25/h3-8,10-13,27,30H,2,9,14H2,1H3/b20-12-. The van der Waals surface area contributed by atoms with Gasteiger partial charge in [-0.05, 0) is 55.5 Å². The van der Waals surface area contributed by atoms with Crippen LogP contribution in [0.5, 0.6) is 5.75 Å². The smallest absolute Gasteiger partial charge is 0.416 e. The lowest BCUT2D eigenvalue weighted by Gasteiger charge is -2.14. The van der Waals surface area contributed by atoms with Crippen molar-refractivity contribution >= 4 is 18.4 Å². The highest BCUT2D eigenvalue weighted by Crippen LogP contribution is 2.29. The molecule has 3 rings (SSSR count). The third-order valence-electron chi connectivity index (χ3n) is 4.56. The number of aromatic hydroxyl groups is 1. The van der Waals surface area contributed by atoms with Crippen LogP contribution in [0.2, 0.25) is 0 Å². The Morgan fingerprint density at radius 3 is 2.53 bits per heavy atom. The maximum Gasteiger partial charge on any atom is 0.416 e. The molecule has 0 unspecified atom stereocenters. The van der Waals surface area contributed by atoms with E-state index in [1.165, 1.54) is 12.1 Å². The Bertz CT molecular complexity index is 1050. The number of phenolic OH excluding ortho intramolecular Hbond substituents is 1. The quantitative estimate of drug-likeness (QED) is 0.530. The van der Waals surface area contributed by atoms with E-state index >= 15 is 0 Å². The van der Waals surface area contributed by atoms with E-state index in [1.54, 1.807) is 29.1 Å². The fraction of sp³-hybridized carbons (Fsp3) is 0.182. The largest absolute Gasteiger partial charge is 0.508 e. The van der Waals surface area contributed by atoms with Crippen LogP contribution in [0.4, 0.5) is 19.0 Å². The van der Waals surface area contributed by atoms with Crippen molar-refractivity contribution in [3.05, 3.63) is 83.1 Å². The molecule has 0 atom stereocenters. The van der Waals surface area contributed by atoms with Gasteiger partial charge in [-0.1, -0.05) is 30.3 Å². The van der Waals surface area contributed by atoms with Crippen LogP contribution in [0, 0.1) is 6.92 Å². The lowest BCUT2D eigenvalue weighted by atomic mass is 10.1. The van der Waals surface area contributed by atoms with Crippen molar-refractivity contribution in [3.8, 4) is 5.75 Å². The van der Waals surface area contributed by atoms with Crippen molar-refractivity contribution < 1.29 is 18.3 Å². The molecule has 0 bridgehead atoms. The molecule has 0 amide bonds. The molecule has 0 aliphatic heterocycles. The lowest BCUT2D eigenvalue weighted by molar-refractivity contribution is -0.137. The minimum absolute atomic E-state index is 0.176. The summed E-state index contributed by atoms with van der Waals surface area (Å²) >= 11 is 0. The van der Waals surface area contributed by atoms with E-state index < -0.39 is 11.7 Å². The number of benzene rings is 2. The number of allylic oxidation sites excluding steroid dienone is 1. The summed E-state index contributed by atoms with van der Waals surface area (Å²) in [7, 11) is 0. The van der Waals surface area contributed by atoms with Crippen molar-refractivity contribution in [1.82, 2.24) is 15.1 Å². The first-order chi connectivity index (χ1) is 14.3. The molecule has 0 spiro atoms. The minimum atomic E-state index is -4.37. The molecular weight excluding hydrogens is 393 g/mol. The van der Waals surface area contributed by atoms with Gasteiger partial charge in [-0.15, -0.1) is 0 Å². The number of hydrogen-bond donors (Lipinski definition) is 2. The fourth-order valence-electron chi connectivity index (χ4n) is 2.92. The number of aryl methyl sites for hydroxylation is 1. The maximum absolute atomic E-state index is 12.8. The molecule has 0 aliphatic rings. The summed E-state index contributed by atoms with van der Waals surface area (Å²) in [5.41, 5.74) is 1.54. The number of aromatic nitrogens is 2. The van der Waals surface area contributed by atoms with Crippen LogP contribution in [0.25, 0.3) is 5.82 Å². The number of hydrogen-bond acceptors (Lipinski definition) is 4. The van der Waals surface area contributed by atoms with Crippen LogP contribution >= 0.6 is 0 Å². The Balaban J connectivity index is 1.85. The molecule has 2 aromatic carbocycles. The molecule has 5 nitrogen and oxygen atoms in total. The summed E-state index contributed by atoms with van der Waals surface area (Å²) in [6.45, 7) is 5.71. The van der Waals surface area contributed by atoms with Crippen molar-refractivity contribution in [2.75, 3.05) is 0 Å². The van der Waals surface area contributed by atoms with Crippen LogP contribution in [0.3, 0.4) is 0 Å². The van der Waals surface area contributed by atoms with Crippen molar-refractivity contribution in [2.24, 2.45) is 4.99 Å². The van der Waals surface area contributed by atoms with E-state index in [-0.39, 0.29) is 12.3 Å². The number of nitrogens with one attached hydrogen (secondary N) is 1. The number of nitrogens with zero attached hydrogens (tertiary/aromatic N) is 3. The maximum atomic E-state index is 12.8. The average molecular weight is 414 g/mol. The second-order valence-corrected chi connectivity index (χ2v) is 6.69. The second kappa shape index (κ2) is 8.86. The molecule has 0 saturated carbocycles. The first-order valence-electron chi connectivity index (χ1n) is 9.18. The van der Waals surface area contributed by atoms with E-state index in [9.17, 15) is 18.3 Å². The first-order valence-corrected chi connectivity index (χ1v) is 9.18. The van der Waals surface area contributed by atoms with Crippen LogP contribution in [-0.2, 0) is 19.1 Å². The van der Waals surface area contributed by atoms with Crippen LogP contribution < -0.4 is 5.32 Å². The van der Waals surface area contributed by atoms with Crippen molar-refractivity contribution in [2.45, 2.75) is 26.1 Å². The van der Waals surface area contributed by atoms with Crippen LogP contribution in [-0.4, -0.2) is 21.6 Å². The predicted molar refractivity (Wildman–Crippen MR) is 111 cm³/mol. The minimum Gasteiger partial charge on any atom is -0.508 e. The molecule has 156 valence electrons. The zero-order valence-corrected chi connectivity index (χ0v) is 16.3. The number of phenols is 1. The van der Waals surface area contributed by atoms with Gasteiger partial charge in [-0.2, -0.15) is 23.0 Å². The normalized spacial score (nSPS) is 12.1. The summed E-state index contributed by atoms with van der Waals surface area (Å²) in [4.78, 5) is 4.01. The van der Waals surface area contributed by atoms with Gasteiger partial charge in [0.2, 0.25) is 0 Å². The van der Waals surface area contributed by atoms with E-state index in [2.05, 4.69) is 22.1 Å². The van der Waals surface area contributed by atoms with Gasteiger partial charge in [0.05, 0.1) is 11.8 Å². The Morgan fingerprint density at radius 2 is 1.90 bits per heavy atom. The Kier molecular flexibility index (Phi) is 6.25. The van der Waals surface area contributed by atoms with Gasteiger partial charge in [0, 0.05) is 12.1 Å². The predicted octanol–water partition coefficient (Wildman–Crippen LogP) is 5.08. The number of rotatable bonds is 7. The number of para-hydroxylation sites is 1. The van der Waals surface area contributed by atoms with Gasteiger partial charge in [-0.25, -0.2) is 4.99 Å². The Hall–Kier alpha value is -3.55. The zero-order valence-electron chi connectivity index (χ0n) is 16.3. The molecule has 0 fully saturated rings. The molecule has 0 saturated heterocycles. The van der Waals surface area contributed by atoms with E-state index in [4.69, 9.17) is 0 Å². The third kappa shape index (κ3) is 4.89. The van der Waals surface area contributed by atoms with Crippen LogP contribution in [0.15, 0.2) is 65.8 Å². The highest BCUT2D eigenvalue weighted by atomic mass is 19.4. The van der Waals surface area contributed by atoms with E-state index in [0.29, 0.717) is 23.6 Å². The zero-order chi connectivity index (χ0) is 21.7. The summed E-state index contributed by atoms with van der Waals surface area (Å²) in [5.74, 6) is 1.31. The SMILES string of the molecule is C=Nc1c(C)cnn1/C(=C\Cc1ccccc1O)NCc1ccc(C(F)(F)F)cc1. The van der Waals surface area contributed by atoms with Gasteiger partial charge in [0.25, 0.3) is 0 Å². The molecular formula is C22H21F3N4O. The Labute approximate surface area is 172 Å². The number of alkyl halides is 3. The van der Waals surface area contributed by atoms with E-state index in [0.717, 1.165) is 23.3 Å². The first kappa shape index (κ1) is 21.2. The molecule has 1 aromatic heterocycles. The van der Waals surface area contributed by atoms with Crippen molar-refractivity contribution in [1.29, 1.82) is 0 Å². The van der Waals surface area contributed by atoms with Gasteiger partial charge < -0.3 is 10.4 Å². The topological polar surface area (TPSA) is 62.4 Å². The molecule has 1 heterocycles. The molecule has 0 radical (unpaired) electrons. The van der Waals surface area contributed by atoms with Crippen molar-refractivity contribution in [3.63, 3.8) is 0 Å². The summed E-state index contributed by atoms with van der Waals surface area (Å²) < 4.78 is 39.9. The number of halogens is 3. The summed E-state index contributed by atoms with van der Waals surface area (Å²) in [5, 5.41) is 17.5. The van der Waals surface area contributed by atoms with E-state index in [1.807, 2.05) is 19.1 Å². The molecule has 2 N–H and O–H groups in total. The van der Waals surface area contributed by atoms with Gasteiger partial charge in [-0.3, -0.25) is 0 Å².